The topological polar surface area (TPSA) is 20.2 Å². The molecular weight excluding hydrogens is 224 g/mol. The maximum Gasteiger partial charge on any atom is 0.126 e. The quantitative estimate of drug-likeness (QED) is 0.696. The SMILES string of the molecule is OC12CCCCC1SC1=C(CCCC1)S2. The second-order valence-corrected chi connectivity index (χ2v) is 7.55. The van der Waals surface area contributed by atoms with Gasteiger partial charge in [0, 0.05) is 5.25 Å². The number of hydrogen-bond acceptors (Lipinski definition) is 3. The minimum atomic E-state index is -0.418. The average Bonchev–Trinajstić information content (AvgIpc) is 2.25. The number of rotatable bonds is 0. The molecule has 3 rings (SSSR count). The lowest BCUT2D eigenvalue weighted by atomic mass is 9.96. The van der Waals surface area contributed by atoms with Gasteiger partial charge in [-0.1, -0.05) is 18.2 Å². The zero-order valence-electron chi connectivity index (χ0n) is 9.00. The predicted octanol–water partition coefficient (Wildman–Crippen LogP) is 3.88. The van der Waals surface area contributed by atoms with Crippen molar-refractivity contribution in [3.05, 3.63) is 9.81 Å². The summed E-state index contributed by atoms with van der Waals surface area (Å²) in [5.74, 6) is 0. The van der Waals surface area contributed by atoms with E-state index in [0.29, 0.717) is 5.25 Å². The molecule has 0 amide bonds. The molecule has 1 saturated carbocycles. The van der Waals surface area contributed by atoms with Gasteiger partial charge < -0.3 is 5.11 Å². The van der Waals surface area contributed by atoms with Gasteiger partial charge in [0.05, 0.1) is 0 Å². The number of thioether (sulfide) groups is 2. The van der Waals surface area contributed by atoms with Gasteiger partial charge in [0.2, 0.25) is 0 Å². The molecule has 0 aromatic carbocycles. The molecular formula is C12H18OS2. The molecule has 1 heterocycles. The van der Waals surface area contributed by atoms with Crippen molar-refractivity contribution >= 4 is 23.5 Å². The molecule has 84 valence electrons. The Labute approximate surface area is 100 Å². The maximum atomic E-state index is 10.6. The van der Waals surface area contributed by atoms with Crippen molar-refractivity contribution in [1.82, 2.24) is 0 Å². The summed E-state index contributed by atoms with van der Waals surface area (Å²) in [5.41, 5.74) is 0. The van der Waals surface area contributed by atoms with E-state index in [1.54, 1.807) is 4.91 Å². The first-order valence-corrected chi connectivity index (χ1v) is 7.78. The van der Waals surface area contributed by atoms with E-state index in [2.05, 4.69) is 0 Å². The molecule has 0 radical (unpaired) electrons. The van der Waals surface area contributed by atoms with E-state index in [4.69, 9.17) is 0 Å². The third-order valence-electron chi connectivity index (χ3n) is 3.71. The largest absolute Gasteiger partial charge is 0.378 e. The summed E-state index contributed by atoms with van der Waals surface area (Å²) in [6.45, 7) is 0. The lowest BCUT2D eigenvalue weighted by molar-refractivity contribution is 0.101. The summed E-state index contributed by atoms with van der Waals surface area (Å²) in [4.78, 5) is 2.72. The number of fused-ring (bicyclic) bond motifs is 1. The van der Waals surface area contributed by atoms with E-state index in [1.807, 2.05) is 23.5 Å². The Morgan fingerprint density at radius 3 is 2.73 bits per heavy atom. The molecule has 1 N–H and O–H groups in total. The van der Waals surface area contributed by atoms with Gasteiger partial charge >= 0.3 is 0 Å². The van der Waals surface area contributed by atoms with Gasteiger partial charge in [0.25, 0.3) is 0 Å². The Balaban J connectivity index is 1.87. The fraction of sp³-hybridized carbons (Fsp3) is 0.833. The van der Waals surface area contributed by atoms with Gasteiger partial charge in [0.1, 0.15) is 4.93 Å². The van der Waals surface area contributed by atoms with Crippen LogP contribution in [0.25, 0.3) is 0 Å². The first-order valence-electron chi connectivity index (χ1n) is 6.08. The van der Waals surface area contributed by atoms with E-state index >= 15 is 0 Å². The fourth-order valence-corrected chi connectivity index (χ4v) is 6.20. The van der Waals surface area contributed by atoms with E-state index in [0.717, 1.165) is 6.42 Å². The zero-order valence-corrected chi connectivity index (χ0v) is 10.6. The Hall–Kier alpha value is 0.400. The molecule has 2 atom stereocenters. The minimum absolute atomic E-state index is 0.418. The summed E-state index contributed by atoms with van der Waals surface area (Å²) in [5, 5.41) is 11.1. The zero-order chi connectivity index (χ0) is 10.3. The Kier molecular flexibility index (Phi) is 2.82. The Morgan fingerprint density at radius 1 is 1.07 bits per heavy atom. The molecule has 0 bridgehead atoms. The molecule has 0 spiro atoms. The monoisotopic (exact) mass is 242 g/mol. The molecule has 2 aliphatic carbocycles. The standard InChI is InChI=1S/C12H18OS2/c13-12-8-4-3-7-11(12)14-9-5-1-2-6-10(9)15-12/h11,13H,1-8H2. The minimum Gasteiger partial charge on any atom is -0.378 e. The van der Waals surface area contributed by atoms with Crippen LogP contribution in [0.5, 0.6) is 0 Å². The lowest BCUT2D eigenvalue weighted by Gasteiger charge is -2.44. The molecule has 15 heavy (non-hydrogen) atoms. The van der Waals surface area contributed by atoms with Crippen LogP contribution in [0.4, 0.5) is 0 Å². The fourth-order valence-electron chi connectivity index (χ4n) is 2.83. The number of aliphatic hydroxyl groups is 1. The molecule has 1 fully saturated rings. The molecule has 0 saturated heterocycles. The predicted molar refractivity (Wildman–Crippen MR) is 67.9 cm³/mol. The van der Waals surface area contributed by atoms with Gasteiger partial charge in [-0.25, -0.2) is 0 Å². The normalized spacial score (nSPS) is 41.0. The highest BCUT2D eigenvalue weighted by Crippen LogP contribution is 2.57. The first kappa shape index (κ1) is 10.5. The van der Waals surface area contributed by atoms with Crippen LogP contribution in [0, 0.1) is 0 Å². The highest BCUT2D eigenvalue weighted by atomic mass is 32.2. The molecule has 0 aromatic rings. The molecule has 3 aliphatic rings. The number of allylic oxidation sites excluding steroid dienone is 2. The van der Waals surface area contributed by atoms with Gasteiger partial charge in [-0.2, -0.15) is 0 Å². The van der Waals surface area contributed by atoms with Crippen LogP contribution in [-0.4, -0.2) is 15.3 Å². The molecule has 1 aliphatic heterocycles. The van der Waals surface area contributed by atoms with Crippen molar-refractivity contribution in [3.8, 4) is 0 Å². The van der Waals surface area contributed by atoms with Crippen LogP contribution in [0.1, 0.15) is 51.4 Å². The van der Waals surface area contributed by atoms with Gasteiger partial charge in [0.15, 0.2) is 0 Å². The summed E-state index contributed by atoms with van der Waals surface area (Å²) >= 11 is 3.82. The van der Waals surface area contributed by atoms with Crippen molar-refractivity contribution in [1.29, 1.82) is 0 Å². The van der Waals surface area contributed by atoms with E-state index in [1.165, 1.54) is 49.9 Å². The van der Waals surface area contributed by atoms with Crippen molar-refractivity contribution in [2.75, 3.05) is 0 Å². The Morgan fingerprint density at radius 2 is 1.87 bits per heavy atom. The first-order chi connectivity index (χ1) is 7.28. The lowest BCUT2D eigenvalue weighted by Crippen LogP contribution is -2.42. The van der Waals surface area contributed by atoms with Crippen LogP contribution in [0.3, 0.4) is 0 Å². The van der Waals surface area contributed by atoms with Crippen LogP contribution in [0.2, 0.25) is 0 Å². The van der Waals surface area contributed by atoms with Crippen LogP contribution in [-0.2, 0) is 0 Å². The van der Waals surface area contributed by atoms with Crippen LogP contribution >= 0.6 is 23.5 Å². The van der Waals surface area contributed by atoms with E-state index in [-0.39, 0.29) is 0 Å². The molecule has 2 unspecified atom stereocenters. The van der Waals surface area contributed by atoms with E-state index < -0.39 is 4.93 Å². The number of hydrogen-bond donors (Lipinski definition) is 1. The van der Waals surface area contributed by atoms with Gasteiger partial charge in [-0.15, -0.1) is 11.8 Å². The third kappa shape index (κ3) is 1.87. The summed E-state index contributed by atoms with van der Waals surface area (Å²) in [6, 6.07) is 0. The smallest absolute Gasteiger partial charge is 0.126 e. The van der Waals surface area contributed by atoms with Crippen molar-refractivity contribution < 1.29 is 5.11 Å². The van der Waals surface area contributed by atoms with Gasteiger partial charge in [-0.05, 0) is 54.8 Å². The van der Waals surface area contributed by atoms with E-state index in [9.17, 15) is 5.11 Å². The maximum absolute atomic E-state index is 10.6. The van der Waals surface area contributed by atoms with Crippen LogP contribution in [0.15, 0.2) is 9.81 Å². The average molecular weight is 242 g/mol. The summed E-state index contributed by atoms with van der Waals surface area (Å²) < 4.78 is 0. The van der Waals surface area contributed by atoms with Crippen molar-refractivity contribution in [2.24, 2.45) is 0 Å². The highest BCUT2D eigenvalue weighted by molar-refractivity contribution is 8.11. The third-order valence-corrected chi connectivity index (χ3v) is 7.17. The summed E-state index contributed by atoms with van der Waals surface area (Å²) in [7, 11) is 0. The highest BCUT2D eigenvalue weighted by Gasteiger charge is 2.45. The molecule has 1 nitrogen and oxygen atoms in total. The second kappa shape index (κ2) is 4.01. The second-order valence-electron chi connectivity index (χ2n) is 4.85. The Bertz CT molecular complexity index is 300. The van der Waals surface area contributed by atoms with Gasteiger partial charge in [-0.3, -0.25) is 0 Å². The van der Waals surface area contributed by atoms with Crippen molar-refractivity contribution in [3.63, 3.8) is 0 Å². The van der Waals surface area contributed by atoms with Crippen molar-refractivity contribution in [2.45, 2.75) is 61.5 Å². The summed E-state index contributed by atoms with van der Waals surface area (Å²) in [6.07, 6.45) is 9.93. The molecule has 0 aromatic heterocycles. The molecule has 3 heteroatoms. The van der Waals surface area contributed by atoms with Crippen LogP contribution < -0.4 is 0 Å².